The Hall–Kier alpha value is -2.44. The van der Waals surface area contributed by atoms with Gasteiger partial charge in [-0.25, -0.2) is 0 Å². The summed E-state index contributed by atoms with van der Waals surface area (Å²) in [6.07, 6.45) is 0.197. The average molecular weight is 277 g/mol. The van der Waals surface area contributed by atoms with Crippen molar-refractivity contribution in [1.82, 2.24) is 4.90 Å². The number of nitrogens with zero attached hydrogens (tertiary/aromatic N) is 2. The molecule has 0 aromatic heterocycles. The first kappa shape index (κ1) is 14.0. The Bertz CT molecular complexity index is 585. The zero-order valence-corrected chi connectivity index (χ0v) is 11.3. The summed E-state index contributed by atoms with van der Waals surface area (Å²) < 4.78 is 0. The maximum absolute atomic E-state index is 11.9. The fraction of sp³-hybridized carbons (Fsp3) is 0.385. The molecular formula is C13H15N3O4. The van der Waals surface area contributed by atoms with Crippen LogP contribution in [0.15, 0.2) is 18.2 Å². The highest BCUT2D eigenvalue weighted by atomic mass is 16.6. The van der Waals surface area contributed by atoms with E-state index in [0.717, 1.165) is 4.90 Å². The van der Waals surface area contributed by atoms with Crippen molar-refractivity contribution >= 4 is 23.2 Å². The number of para-hydroxylation sites is 1. The van der Waals surface area contributed by atoms with E-state index in [1.54, 1.807) is 26.1 Å². The third-order valence-electron chi connectivity index (χ3n) is 3.37. The Labute approximate surface area is 115 Å². The molecule has 1 heterocycles. The van der Waals surface area contributed by atoms with Gasteiger partial charge >= 0.3 is 0 Å². The number of rotatable bonds is 4. The first-order valence-corrected chi connectivity index (χ1v) is 6.24. The van der Waals surface area contributed by atoms with E-state index in [1.807, 2.05) is 0 Å². The summed E-state index contributed by atoms with van der Waals surface area (Å²) in [6, 6.07) is 4.59. The quantitative estimate of drug-likeness (QED) is 0.512. The van der Waals surface area contributed by atoms with E-state index >= 15 is 0 Å². The molecule has 2 amide bonds. The minimum absolute atomic E-state index is 0.0554. The summed E-state index contributed by atoms with van der Waals surface area (Å²) in [5, 5.41) is 13.7. The van der Waals surface area contributed by atoms with Crippen LogP contribution < -0.4 is 5.32 Å². The van der Waals surface area contributed by atoms with E-state index in [9.17, 15) is 19.7 Å². The lowest BCUT2D eigenvalue weighted by Gasteiger charge is -2.16. The highest BCUT2D eigenvalue weighted by molar-refractivity contribution is 6.03. The van der Waals surface area contributed by atoms with Gasteiger partial charge in [-0.05, 0) is 0 Å². The van der Waals surface area contributed by atoms with E-state index in [2.05, 4.69) is 5.32 Å². The molecule has 1 atom stereocenters. The van der Waals surface area contributed by atoms with Crippen LogP contribution in [0.25, 0.3) is 0 Å². The van der Waals surface area contributed by atoms with Crippen LogP contribution in [-0.2, 0) is 16.1 Å². The third kappa shape index (κ3) is 2.34. The van der Waals surface area contributed by atoms with Gasteiger partial charge in [0.2, 0.25) is 11.8 Å². The number of nitrogens with one attached hydrogen (secondary N) is 1. The number of nitro benzene ring substituents is 1. The molecule has 1 N–H and O–H groups in total. The van der Waals surface area contributed by atoms with Crippen LogP contribution in [-0.4, -0.2) is 28.7 Å². The molecule has 1 unspecified atom stereocenters. The molecular weight excluding hydrogens is 262 g/mol. The van der Waals surface area contributed by atoms with Gasteiger partial charge in [0.1, 0.15) is 5.69 Å². The van der Waals surface area contributed by atoms with E-state index in [1.165, 1.54) is 6.07 Å². The number of likely N-dealkylation sites (tertiary alicyclic amines) is 1. The summed E-state index contributed by atoms with van der Waals surface area (Å²) in [5.74, 6) is -0.793. The molecule has 1 aliphatic heterocycles. The van der Waals surface area contributed by atoms with Gasteiger partial charge in [0.25, 0.3) is 5.69 Å². The smallest absolute Gasteiger partial charge is 0.292 e. The van der Waals surface area contributed by atoms with Gasteiger partial charge in [-0.15, -0.1) is 0 Å². The molecule has 1 fully saturated rings. The predicted molar refractivity (Wildman–Crippen MR) is 72.0 cm³/mol. The van der Waals surface area contributed by atoms with Gasteiger partial charge in [-0.2, -0.15) is 0 Å². The van der Waals surface area contributed by atoms with Crippen molar-refractivity contribution in [2.24, 2.45) is 5.92 Å². The van der Waals surface area contributed by atoms with Crippen LogP contribution >= 0.6 is 0 Å². The summed E-state index contributed by atoms with van der Waals surface area (Å²) in [5.41, 5.74) is 0.812. The number of hydrogen-bond acceptors (Lipinski definition) is 5. The zero-order chi connectivity index (χ0) is 14.9. The second-order valence-corrected chi connectivity index (χ2v) is 4.74. The molecule has 1 aromatic rings. The normalized spacial score (nSPS) is 18.5. The lowest BCUT2D eigenvalue weighted by Crippen LogP contribution is -2.30. The van der Waals surface area contributed by atoms with Crippen LogP contribution in [0.5, 0.6) is 0 Å². The van der Waals surface area contributed by atoms with E-state index in [0.29, 0.717) is 11.3 Å². The molecule has 106 valence electrons. The first-order valence-electron chi connectivity index (χ1n) is 6.24. The molecule has 1 saturated heterocycles. The Morgan fingerprint density at radius 1 is 1.45 bits per heavy atom. The molecule has 2 rings (SSSR count). The number of amides is 2. The minimum atomic E-state index is -0.494. The lowest BCUT2D eigenvalue weighted by atomic mass is 10.1. The van der Waals surface area contributed by atoms with Crippen LogP contribution in [0, 0.1) is 16.0 Å². The Kier molecular flexibility index (Phi) is 3.69. The number of hydrogen-bond donors (Lipinski definition) is 1. The first-order chi connectivity index (χ1) is 9.45. The molecule has 0 spiro atoms. The topological polar surface area (TPSA) is 92.6 Å². The predicted octanol–water partition coefficient (Wildman–Crippen LogP) is 1.53. The Morgan fingerprint density at radius 3 is 2.65 bits per heavy atom. The van der Waals surface area contributed by atoms with Crippen molar-refractivity contribution < 1.29 is 14.5 Å². The van der Waals surface area contributed by atoms with Crippen LogP contribution in [0.3, 0.4) is 0 Å². The van der Waals surface area contributed by atoms with Gasteiger partial charge in [-0.1, -0.05) is 19.1 Å². The second-order valence-electron chi connectivity index (χ2n) is 4.74. The number of nitro groups is 1. The number of carbonyl (C=O) groups is 2. The standard InChI is InChI=1S/C13H15N3O4/c1-8-6-11(17)15(13(8)18)7-9-4-3-5-10(16(19)20)12(9)14-2/h3-5,8,14H,6-7H2,1-2H3. The number of carbonyl (C=O) groups excluding carboxylic acids is 2. The molecule has 0 saturated carbocycles. The van der Waals surface area contributed by atoms with Gasteiger partial charge in [0.05, 0.1) is 11.5 Å². The minimum Gasteiger partial charge on any atom is -0.382 e. The summed E-state index contributed by atoms with van der Waals surface area (Å²) in [6.45, 7) is 1.76. The van der Waals surface area contributed by atoms with Crippen LogP contribution in [0.4, 0.5) is 11.4 Å². The van der Waals surface area contributed by atoms with Crippen LogP contribution in [0.1, 0.15) is 18.9 Å². The number of benzene rings is 1. The van der Waals surface area contributed by atoms with Gasteiger partial charge in [0.15, 0.2) is 0 Å². The number of imide groups is 1. The van der Waals surface area contributed by atoms with Gasteiger partial charge in [-0.3, -0.25) is 24.6 Å². The summed E-state index contributed by atoms with van der Waals surface area (Å²) in [4.78, 5) is 35.3. The van der Waals surface area contributed by atoms with Crippen molar-refractivity contribution in [2.45, 2.75) is 19.9 Å². The highest BCUT2D eigenvalue weighted by Crippen LogP contribution is 2.30. The average Bonchev–Trinajstić information content (AvgIpc) is 2.65. The molecule has 7 nitrogen and oxygen atoms in total. The third-order valence-corrected chi connectivity index (χ3v) is 3.37. The summed E-state index contributed by atoms with van der Waals surface area (Å²) >= 11 is 0. The zero-order valence-electron chi connectivity index (χ0n) is 11.3. The molecule has 0 radical (unpaired) electrons. The van der Waals surface area contributed by atoms with E-state index < -0.39 is 4.92 Å². The van der Waals surface area contributed by atoms with Crippen molar-refractivity contribution in [3.8, 4) is 0 Å². The second kappa shape index (κ2) is 5.28. The molecule has 1 aromatic carbocycles. The summed E-state index contributed by atoms with van der Waals surface area (Å²) in [7, 11) is 1.57. The fourth-order valence-corrected chi connectivity index (χ4v) is 2.34. The maximum Gasteiger partial charge on any atom is 0.292 e. The van der Waals surface area contributed by atoms with Crippen molar-refractivity contribution in [2.75, 3.05) is 12.4 Å². The lowest BCUT2D eigenvalue weighted by molar-refractivity contribution is -0.384. The van der Waals surface area contributed by atoms with E-state index in [4.69, 9.17) is 0 Å². The van der Waals surface area contributed by atoms with Crippen molar-refractivity contribution in [1.29, 1.82) is 0 Å². The fourth-order valence-electron chi connectivity index (χ4n) is 2.34. The highest BCUT2D eigenvalue weighted by Gasteiger charge is 2.36. The monoisotopic (exact) mass is 277 g/mol. The SMILES string of the molecule is CNc1c(CN2C(=O)CC(C)C2=O)cccc1[N+](=O)[O-]. The molecule has 0 bridgehead atoms. The molecule has 7 heteroatoms. The Balaban J connectivity index is 2.35. The van der Waals surface area contributed by atoms with Crippen molar-refractivity contribution in [3.05, 3.63) is 33.9 Å². The van der Waals surface area contributed by atoms with Gasteiger partial charge < -0.3 is 5.32 Å². The van der Waals surface area contributed by atoms with Crippen molar-refractivity contribution in [3.63, 3.8) is 0 Å². The molecule has 20 heavy (non-hydrogen) atoms. The maximum atomic E-state index is 11.9. The molecule has 0 aliphatic carbocycles. The Morgan fingerprint density at radius 2 is 2.15 bits per heavy atom. The van der Waals surface area contributed by atoms with E-state index in [-0.39, 0.29) is 36.4 Å². The number of anilines is 1. The van der Waals surface area contributed by atoms with Gasteiger partial charge in [0, 0.05) is 31.0 Å². The molecule has 1 aliphatic rings. The van der Waals surface area contributed by atoms with Crippen LogP contribution in [0.2, 0.25) is 0 Å². The largest absolute Gasteiger partial charge is 0.382 e.